The van der Waals surface area contributed by atoms with Crippen molar-refractivity contribution in [2.45, 2.75) is 26.8 Å². The molecule has 0 saturated carbocycles. The van der Waals surface area contributed by atoms with Crippen molar-refractivity contribution < 1.29 is 0 Å². The molecule has 1 heterocycles. The molecule has 1 aromatic heterocycles. The molecule has 1 rings (SSSR count). The van der Waals surface area contributed by atoms with E-state index in [-0.39, 0.29) is 0 Å². The van der Waals surface area contributed by atoms with Crippen LogP contribution in [0.5, 0.6) is 0 Å². The van der Waals surface area contributed by atoms with Crippen molar-refractivity contribution in [3.63, 3.8) is 0 Å². The van der Waals surface area contributed by atoms with Crippen molar-refractivity contribution in [2.24, 2.45) is 0 Å². The van der Waals surface area contributed by atoms with Gasteiger partial charge < -0.3 is 0 Å². The third-order valence-corrected chi connectivity index (χ3v) is 1.93. The number of aromatic nitrogens is 2. The lowest BCUT2D eigenvalue weighted by atomic mass is 10.3. The zero-order chi connectivity index (χ0) is 10.9. The molecular formula is C13H18N2. The lowest BCUT2D eigenvalue weighted by Crippen LogP contribution is -1.94. The van der Waals surface area contributed by atoms with Gasteiger partial charge in [-0.15, -0.1) is 0 Å². The molecule has 0 aliphatic heterocycles. The Bertz CT molecular complexity index is 356. The SMILES string of the molecule is C/C=C\C=CC/C=C/Cn1cc(C)cn1. The Labute approximate surface area is 91.6 Å². The van der Waals surface area contributed by atoms with Crippen LogP contribution in [-0.4, -0.2) is 9.78 Å². The number of rotatable bonds is 5. The number of hydrogen-bond donors (Lipinski definition) is 0. The summed E-state index contributed by atoms with van der Waals surface area (Å²) < 4.78 is 1.93. The van der Waals surface area contributed by atoms with E-state index in [1.165, 1.54) is 5.56 Å². The Balaban J connectivity index is 2.22. The largest absolute Gasteiger partial charge is 0.269 e. The van der Waals surface area contributed by atoms with Crippen LogP contribution in [0.4, 0.5) is 0 Å². The molecule has 80 valence electrons. The summed E-state index contributed by atoms with van der Waals surface area (Å²) in [5.74, 6) is 0. The quantitative estimate of drug-likeness (QED) is 0.529. The number of aryl methyl sites for hydroxylation is 1. The fourth-order valence-corrected chi connectivity index (χ4v) is 1.19. The zero-order valence-electron chi connectivity index (χ0n) is 9.43. The van der Waals surface area contributed by atoms with E-state index in [9.17, 15) is 0 Å². The van der Waals surface area contributed by atoms with Gasteiger partial charge in [-0.1, -0.05) is 36.5 Å². The first kappa shape index (κ1) is 11.5. The topological polar surface area (TPSA) is 17.8 Å². The van der Waals surface area contributed by atoms with Crippen molar-refractivity contribution in [3.8, 4) is 0 Å². The smallest absolute Gasteiger partial charge is 0.0590 e. The molecule has 0 radical (unpaired) electrons. The first-order valence-electron chi connectivity index (χ1n) is 5.25. The average Bonchev–Trinajstić information content (AvgIpc) is 2.63. The molecule has 2 nitrogen and oxygen atoms in total. The second-order valence-electron chi connectivity index (χ2n) is 3.40. The van der Waals surface area contributed by atoms with Crippen LogP contribution in [0.3, 0.4) is 0 Å². The molecule has 15 heavy (non-hydrogen) atoms. The highest BCUT2D eigenvalue weighted by atomic mass is 15.3. The second-order valence-corrected chi connectivity index (χ2v) is 3.40. The van der Waals surface area contributed by atoms with E-state index in [1.807, 2.05) is 43.1 Å². The summed E-state index contributed by atoms with van der Waals surface area (Å²) in [7, 11) is 0. The summed E-state index contributed by atoms with van der Waals surface area (Å²) in [5.41, 5.74) is 1.20. The highest BCUT2D eigenvalue weighted by Crippen LogP contribution is 1.95. The predicted octanol–water partition coefficient (Wildman–Crippen LogP) is 3.27. The van der Waals surface area contributed by atoms with Crippen molar-refractivity contribution in [1.29, 1.82) is 0 Å². The van der Waals surface area contributed by atoms with Crippen LogP contribution >= 0.6 is 0 Å². The number of hydrogen-bond acceptors (Lipinski definition) is 1. The maximum absolute atomic E-state index is 4.20. The summed E-state index contributed by atoms with van der Waals surface area (Å²) >= 11 is 0. The van der Waals surface area contributed by atoms with E-state index in [0.717, 1.165) is 13.0 Å². The van der Waals surface area contributed by atoms with Gasteiger partial charge in [0.1, 0.15) is 0 Å². The van der Waals surface area contributed by atoms with Gasteiger partial charge in [-0.25, -0.2) is 0 Å². The van der Waals surface area contributed by atoms with Crippen molar-refractivity contribution >= 4 is 0 Å². The second kappa shape index (κ2) is 6.82. The van der Waals surface area contributed by atoms with Gasteiger partial charge in [0.2, 0.25) is 0 Å². The standard InChI is InChI=1S/C13H18N2/c1-3-4-5-6-7-8-9-10-15-12-13(2)11-14-15/h3-6,8-9,11-12H,7,10H2,1-2H3/b4-3-,6-5?,9-8+. The van der Waals surface area contributed by atoms with Gasteiger partial charge >= 0.3 is 0 Å². The van der Waals surface area contributed by atoms with E-state index >= 15 is 0 Å². The van der Waals surface area contributed by atoms with E-state index in [4.69, 9.17) is 0 Å². The molecule has 0 aliphatic rings. The van der Waals surface area contributed by atoms with Crippen LogP contribution in [-0.2, 0) is 6.54 Å². The molecule has 0 N–H and O–H groups in total. The maximum atomic E-state index is 4.20. The molecule has 0 unspecified atom stereocenters. The van der Waals surface area contributed by atoms with Crippen LogP contribution in [0.25, 0.3) is 0 Å². The van der Waals surface area contributed by atoms with Crippen LogP contribution in [0.1, 0.15) is 18.9 Å². The van der Waals surface area contributed by atoms with Crippen molar-refractivity contribution in [1.82, 2.24) is 9.78 Å². The predicted molar refractivity (Wildman–Crippen MR) is 64.7 cm³/mol. The molecule has 0 spiro atoms. The Morgan fingerprint density at radius 1 is 1.27 bits per heavy atom. The molecule has 0 bridgehead atoms. The number of nitrogens with zero attached hydrogens (tertiary/aromatic N) is 2. The van der Waals surface area contributed by atoms with Gasteiger partial charge in [-0.2, -0.15) is 5.10 Å². The van der Waals surface area contributed by atoms with Gasteiger partial charge in [0, 0.05) is 6.20 Å². The Hall–Kier alpha value is -1.57. The van der Waals surface area contributed by atoms with E-state index in [1.54, 1.807) is 0 Å². The first-order valence-corrected chi connectivity index (χ1v) is 5.25. The van der Waals surface area contributed by atoms with Gasteiger partial charge in [0.05, 0.1) is 12.7 Å². The Morgan fingerprint density at radius 3 is 2.80 bits per heavy atom. The van der Waals surface area contributed by atoms with Gasteiger partial charge in [0.15, 0.2) is 0 Å². The minimum absolute atomic E-state index is 0.852. The highest BCUT2D eigenvalue weighted by Gasteiger charge is 1.88. The molecule has 0 amide bonds. The van der Waals surface area contributed by atoms with Gasteiger partial charge in [-0.05, 0) is 25.8 Å². The van der Waals surface area contributed by atoms with Gasteiger partial charge in [-0.3, -0.25) is 4.68 Å². The summed E-state index contributed by atoms with van der Waals surface area (Å²) in [6.45, 7) is 4.92. The van der Waals surface area contributed by atoms with Crippen LogP contribution < -0.4 is 0 Å². The summed E-state index contributed by atoms with van der Waals surface area (Å²) in [5, 5.41) is 4.20. The monoisotopic (exact) mass is 202 g/mol. The van der Waals surface area contributed by atoms with Crippen LogP contribution in [0.2, 0.25) is 0 Å². The van der Waals surface area contributed by atoms with Crippen molar-refractivity contribution in [2.75, 3.05) is 0 Å². The van der Waals surface area contributed by atoms with Crippen molar-refractivity contribution in [3.05, 3.63) is 54.4 Å². The third kappa shape index (κ3) is 5.01. The molecule has 2 heteroatoms. The first-order chi connectivity index (χ1) is 7.33. The molecular weight excluding hydrogens is 184 g/mol. The van der Waals surface area contributed by atoms with Gasteiger partial charge in [0.25, 0.3) is 0 Å². The molecule has 0 saturated heterocycles. The van der Waals surface area contributed by atoms with E-state index < -0.39 is 0 Å². The summed E-state index contributed by atoms with van der Waals surface area (Å²) in [4.78, 5) is 0. The number of allylic oxidation sites excluding steroid dienone is 6. The summed E-state index contributed by atoms with van der Waals surface area (Å²) in [6, 6.07) is 0. The minimum atomic E-state index is 0.852. The average molecular weight is 202 g/mol. The summed E-state index contributed by atoms with van der Waals surface area (Å²) in [6.07, 6.45) is 17.4. The minimum Gasteiger partial charge on any atom is -0.269 e. The Kier molecular flexibility index (Phi) is 5.23. The third-order valence-electron chi connectivity index (χ3n) is 1.93. The maximum Gasteiger partial charge on any atom is 0.0590 e. The highest BCUT2D eigenvalue weighted by molar-refractivity contribution is 5.04. The van der Waals surface area contributed by atoms with Crippen LogP contribution in [0.15, 0.2) is 48.8 Å². The fraction of sp³-hybridized carbons (Fsp3) is 0.308. The normalized spacial score (nSPS) is 12.4. The molecule has 0 aliphatic carbocycles. The van der Waals surface area contributed by atoms with E-state index in [0.29, 0.717) is 0 Å². The molecule has 0 fully saturated rings. The molecule has 0 aromatic carbocycles. The fourth-order valence-electron chi connectivity index (χ4n) is 1.19. The van der Waals surface area contributed by atoms with E-state index in [2.05, 4.69) is 29.4 Å². The zero-order valence-corrected chi connectivity index (χ0v) is 9.43. The lowest BCUT2D eigenvalue weighted by Gasteiger charge is -1.92. The molecule has 0 atom stereocenters. The molecule has 1 aromatic rings. The Morgan fingerprint density at radius 2 is 2.13 bits per heavy atom. The lowest BCUT2D eigenvalue weighted by molar-refractivity contribution is 0.700. The van der Waals surface area contributed by atoms with Crippen LogP contribution in [0, 0.1) is 6.92 Å².